The molecule has 0 aliphatic rings. The third kappa shape index (κ3) is 4.32. The first-order chi connectivity index (χ1) is 11.3. The van der Waals surface area contributed by atoms with Crippen LogP contribution in [0, 0.1) is 0 Å². The van der Waals surface area contributed by atoms with Crippen molar-refractivity contribution in [2.75, 3.05) is 6.54 Å². The number of hydrogen-bond acceptors (Lipinski definition) is 5. The number of hydroxylamine groups is 1. The second-order valence-corrected chi connectivity index (χ2v) is 4.70. The fraction of sp³-hybridized carbons (Fsp3) is 0.214. The number of nitrogens with zero attached hydrogens (tertiary/aromatic N) is 1. The summed E-state index contributed by atoms with van der Waals surface area (Å²) in [5.41, 5.74) is 0.517. The molecular weight excluding hydrogens is 331 g/mol. The Bertz CT molecular complexity index is 726. The number of halogens is 3. The lowest BCUT2D eigenvalue weighted by Gasteiger charge is -2.08. The normalized spacial score (nSPS) is 11.2. The molecule has 1 aromatic heterocycles. The molecule has 0 atom stereocenters. The molecule has 2 aromatic rings. The summed E-state index contributed by atoms with van der Waals surface area (Å²) in [4.78, 5) is 22.9. The van der Waals surface area contributed by atoms with Gasteiger partial charge in [0.05, 0.1) is 5.56 Å². The summed E-state index contributed by atoms with van der Waals surface area (Å²) in [5, 5.41) is 14.3. The Balaban J connectivity index is 1.87. The molecule has 7 nitrogen and oxygen atoms in total. The number of aromatic nitrogens is 1. The molecule has 0 saturated carbocycles. The van der Waals surface area contributed by atoms with Gasteiger partial charge in [-0.3, -0.25) is 14.8 Å². The van der Waals surface area contributed by atoms with E-state index in [4.69, 9.17) is 9.73 Å². The lowest BCUT2D eigenvalue weighted by atomic mass is 10.1. The Labute approximate surface area is 133 Å². The average Bonchev–Trinajstić information content (AvgIpc) is 3.02. The number of hydrogen-bond donors (Lipinski definition) is 3. The van der Waals surface area contributed by atoms with E-state index >= 15 is 0 Å². The smallest absolute Gasteiger partial charge is 0.361 e. The van der Waals surface area contributed by atoms with Gasteiger partial charge in [0, 0.05) is 24.6 Å². The first-order valence-corrected chi connectivity index (χ1v) is 6.66. The predicted molar refractivity (Wildman–Crippen MR) is 73.2 cm³/mol. The fourth-order valence-electron chi connectivity index (χ4n) is 1.81. The van der Waals surface area contributed by atoms with Crippen LogP contribution in [0.5, 0.6) is 0 Å². The Morgan fingerprint density at radius 2 is 1.83 bits per heavy atom. The molecule has 0 aliphatic carbocycles. The van der Waals surface area contributed by atoms with Crippen LogP contribution in [0.3, 0.4) is 0 Å². The summed E-state index contributed by atoms with van der Waals surface area (Å²) in [6, 6.07) is 5.10. The van der Waals surface area contributed by atoms with Gasteiger partial charge >= 0.3 is 6.18 Å². The van der Waals surface area contributed by atoms with Crippen LogP contribution in [0.2, 0.25) is 0 Å². The average molecular weight is 343 g/mol. The van der Waals surface area contributed by atoms with Crippen LogP contribution in [-0.2, 0) is 12.6 Å². The summed E-state index contributed by atoms with van der Waals surface area (Å²) in [6.07, 6.45) is -4.25. The van der Waals surface area contributed by atoms with Crippen LogP contribution in [0.4, 0.5) is 13.2 Å². The molecule has 0 saturated heterocycles. The van der Waals surface area contributed by atoms with Crippen LogP contribution >= 0.6 is 0 Å². The highest BCUT2D eigenvalue weighted by atomic mass is 19.4. The van der Waals surface area contributed by atoms with E-state index in [-0.39, 0.29) is 24.2 Å². The minimum atomic E-state index is -4.46. The van der Waals surface area contributed by atoms with E-state index in [9.17, 15) is 22.8 Å². The molecule has 24 heavy (non-hydrogen) atoms. The van der Waals surface area contributed by atoms with E-state index in [0.29, 0.717) is 5.76 Å². The zero-order chi connectivity index (χ0) is 17.7. The van der Waals surface area contributed by atoms with Gasteiger partial charge in [-0.15, -0.1) is 0 Å². The van der Waals surface area contributed by atoms with Crippen molar-refractivity contribution < 1.29 is 32.5 Å². The minimum absolute atomic E-state index is 0.0842. The summed E-state index contributed by atoms with van der Waals surface area (Å²) in [5.74, 6) is -1.09. The van der Waals surface area contributed by atoms with Crippen molar-refractivity contribution in [3.05, 3.63) is 52.9 Å². The Morgan fingerprint density at radius 1 is 1.17 bits per heavy atom. The Kier molecular flexibility index (Phi) is 5.19. The quantitative estimate of drug-likeness (QED) is 0.567. The molecule has 0 radical (unpaired) electrons. The molecule has 128 valence electrons. The highest BCUT2D eigenvalue weighted by Crippen LogP contribution is 2.29. The van der Waals surface area contributed by atoms with Crippen molar-refractivity contribution in [1.82, 2.24) is 16.0 Å². The van der Waals surface area contributed by atoms with E-state index in [1.807, 2.05) is 0 Å². The molecule has 0 spiro atoms. The zero-order valence-corrected chi connectivity index (χ0v) is 12.1. The van der Waals surface area contributed by atoms with Gasteiger partial charge in [-0.25, -0.2) is 5.48 Å². The molecule has 0 fully saturated rings. The standard InChI is InChI=1S/C14H12F3N3O4/c15-14(16,17)9-3-1-8(2-4-9)12(21)18-6-5-10-7-11(20-24-10)13(22)19-23/h1-4,7,23H,5-6H2,(H,18,21)(H,19,22). The molecule has 0 aliphatic heterocycles. The number of nitrogens with one attached hydrogen (secondary N) is 2. The maximum Gasteiger partial charge on any atom is 0.416 e. The van der Waals surface area contributed by atoms with Gasteiger partial charge in [0.1, 0.15) is 5.76 Å². The molecule has 2 amide bonds. The number of benzene rings is 1. The summed E-state index contributed by atoms with van der Waals surface area (Å²) in [6.45, 7) is 0.120. The fourth-order valence-corrected chi connectivity index (χ4v) is 1.81. The Hall–Kier alpha value is -2.88. The Morgan fingerprint density at radius 3 is 2.42 bits per heavy atom. The van der Waals surface area contributed by atoms with Crippen LogP contribution in [0.15, 0.2) is 34.9 Å². The maximum absolute atomic E-state index is 12.4. The highest BCUT2D eigenvalue weighted by molar-refractivity contribution is 5.94. The largest absolute Gasteiger partial charge is 0.416 e. The van der Waals surface area contributed by atoms with Crippen LogP contribution in [0.25, 0.3) is 0 Å². The third-order valence-corrected chi connectivity index (χ3v) is 3.02. The van der Waals surface area contributed by atoms with Gasteiger partial charge in [-0.2, -0.15) is 13.2 Å². The monoisotopic (exact) mass is 343 g/mol. The van der Waals surface area contributed by atoms with Crippen molar-refractivity contribution in [2.24, 2.45) is 0 Å². The van der Waals surface area contributed by atoms with Crippen molar-refractivity contribution in [3.8, 4) is 0 Å². The van der Waals surface area contributed by atoms with E-state index in [1.54, 1.807) is 0 Å². The third-order valence-electron chi connectivity index (χ3n) is 3.02. The van der Waals surface area contributed by atoms with Gasteiger partial charge in [0.25, 0.3) is 11.8 Å². The summed E-state index contributed by atoms with van der Waals surface area (Å²) >= 11 is 0. The van der Waals surface area contributed by atoms with Crippen LogP contribution in [-0.4, -0.2) is 28.7 Å². The number of rotatable bonds is 5. The molecule has 1 heterocycles. The predicted octanol–water partition coefficient (Wildman–Crippen LogP) is 1.78. The van der Waals surface area contributed by atoms with E-state index in [1.165, 1.54) is 11.5 Å². The van der Waals surface area contributed by atoms with Gasteiger partial charge in [0.15, 0.2) is 5.69 Å². The lowest BCUT2D eigenvalue weighted by Crippen LogP contribution is -2.25. The number of carbonyl (C=O) groups is 2. The van der Waals surface area contributed by atoms with Crippen molar-refractivity contribution in [3.63, 3.8) is 0 Å². The summed E-state index contributed by atoms with van der Waals surface area (Å²) < 4.78 is 42.1. The molecule has 3 N–H and O–H groups in total. The number of amides is 2. The summed E-state index contributed by atoms with van der Waals surface area (Å²) in [7, 11) is 0. The SMILES string of the molecule is O=C(NCCc1cc(C(=O)NO)no1)c1ccc(C(F)(F)F)cc1. The zero-order valence-electron chi connectivity index (χ0n) is 12.1. The lowest BCUT2D eigenvalue weighted by molar-refractivity contribution is -0.137. The van der Waals surface area contributed by atoms with Crippen LogP contribution in [0.1, 0.15) is 32.2 Å². The molecule has 0 bridgehead atoms. The van der Waals surface area contributed by atoms with E-state index < -0.39 is 23.6 Å². The van der Waals surface area contributed by atoms with Gasteiger partial charge < -0.3 is 9.84 Å². The van der Waals surface area contributed by atoms with Gasteiger partial charge in [-0.1, -0.05) is 5.16 Å². The minimum Gasteiger partial charge on any atom is -0.361 e. The second kappa shape index (κ2) is 7.13. The van der Waals surface area contributed by atoms with Crippen LogP contribution < -0.4 is 10.8 Å². The first-order valence-electron chi connectivity index (χ1n) is 6.66. The van der Waals surface area contributed by atoms with E-state index in [2.05, 4.69) is 10.5 Å². The topological polar surface area (TPSA) is 104 Å². The first kappa shape index (κ1) is 17.5. The molecule has 0 unspecified atom stereocenters. The number of alkyl halides is 3. The molecular formula is C14H12F3N3O4. The number of carbonyl (C=O) groups excluding carboxylic acids is 2. The molecule has 2 rings (SSSR count). The second-order valence-electron chi connectivity index (χ2n) is 4.70. The van der Waals surface area contributed by atoms with Crippen molar-refractivity contribution in [2.45, 2.75) is 12.6 Å². The maximum atomic E-state index is 12.4. The highest BCUT2D eigenvalue weighted by Gasteiger charge is 2.30. The van der Waals surface area contributed by atoms with Gasteiger partial charge in [0.2, 0.25) is 0 Å². The molecule has 1 aromatic carbocycles. The van der Waals surface area contributed by atoms with Crippen molar-refractivity contribution >= 4 is 11.8 Å². The molecule has 10 heteroatoms. The van der Waals surface area contributed by atoms with Crippen molar-refractivity contribution in [1.29, 1.82) is 0 Å². The van der Waals surface area contributed by atoms with Gasteiger partial charge in [-0.05, 0) is 24.3 Å². The van der Waals surface area contributed by atoms with E-state index in [0.717, 1.165) is 24.3 Å².